The molecule has 1 saturated carbocycles. The van der Waals surface area contributed by atoms with Crippen LogP contribution in [0.5, 0.6) is 5.88 Å². The summed E-state index contributed by atoms with van der Waals surface area (Å²) in [5, 5.41) is 5.38. The molecule has 3 aliphatic rings. The lowest BCUT2D eigenvalue weighted by Gasteiger charge is -2.24. The maximum absolute atomic E-state index is 15.0. The van der Waals surface area contributed by atoms with Gasteiger partial charge in [-0.2, -0.15) is 0 Å². The van der Waals surface area contributed by atoms with Crippen molar-refractivity contribution in [3.8, 4) is 5.88 Å². The van der Waals surface area contributed by atoms with Crippen LogP contribution in [0, 0.1) is 29.4 Å². The fourth-order valence-corrected chi connectivity index (χ4v) is 5.00. The lowest BCUT2D eigenvalue weighted by atomic mass is 10.2. The van der Waals surface area contributed by atoms with Crippen LogP contribution >= 0.6 is 0 Å². The molecule has 2 saturated heterocycles. The first-order valence-electron chi connectivity index (χ1n) is 11.5. The molecule has 12 heteroatoms. The molecule has 4 atom stereocenters. The molecule has 10 nitrogen and oxygen atoms in total. The smallest absolute Gasteiger partial charge is 0.414 e. The highest BCUT2D eigenvalue weighted by molar-refractivity contribution is 5.95. The van der Waals surface area contributed by atoms with Gasteiger partial charge < -0.3 is 25.0 Å². The van der Waals surface area contributed by atoms with Gasteiger partial charge in [-0.05, 0) is 17.9 Å². The molecule has 1 aromatic heterocycles. The van der Waals surface area contributed by atoms with Gasteiger partial charge in [-0.25, -0.2) is 18.6 Å². The number of pyridine rings is 1. The molecule has 0 spiro atoms. The van der Waals surface area contributed by atoms with Crippen molar-refractivity contribution in [2.75, 3.05) is 48.4 Å². The average Bonchev–Trinajstić information content (AvgIpc) is 3.14. The van der Waals surface area contributed by atoms with Crippen molar-refractivity contribution < 1.29 is 32.6 Å². The quantitative estimate of drug-likeness (QED) is 0.598. The van der Waals surface area contributed by atoms with Crippen molar-refractivity contribution in [3.05, 3.63) is 42.1 Å². The highest BCUT2D eigenvalue weighted by atomic mass is 19.1. The largest absolute Gasteiger partial charge is 0.481 e. The predicted molar refractivity (Wildman–Crippen MR) is 125 cm³/mol. The van der Waals surface area contributed by atoms with Crippen LogP contribution in [-0.2, 0) is 14.3 Å². The molecule has 3 fully saturated rings. The van der Waals surface area contributed by atoms with Crippen molar-refractivity contribution in [2.45, 2.75) is 13.0 Å². The summed E-state index contributed by atoms with van der Waals surface area (Å²) in [5.41, 5.74) is 0.417. The summed E-state index contributed by atoms with van der Waals surface area (Å²) in [6, 6.07) is 5.54. The van der Waals surface area contributed by atoms with Crippen LogP contribution in [0.2, 0.25) is 0 Å². The monoisotopic (exact) mass is 501 g/mol. The summed E-state index contributed by atoms with van der Waals surface area (Å²) in [5.74, 6) is -1.80. The number of piperidine rings is 1. The third kappa shape index (κ3) is 4.50. The Morgan fingerprint density at radius 3 is 2.44 bits per heavy atom. The van der Waals surface area contributed by atoms with Gasteiger partial charge in [-0.1, -0.05) is 0 Å². The van der Waals surface area contributed by atoms with Gasteiger partial charge >= 0.3 is 6.09 Å². The first-order valence-corrected chi connectivity index (χ1v) is 11.5. The maximum Gasteiger partial charge on any atom is 0.414 e. The zero-order valence-electron chi connectivity index (χ0n) is 19.7. The highest BCUT2D eigenvalue weighted by Gasteiger charge is 2.60. The number of ether oxygens (including phenoxy) is 2. The predicted octanol–water partition coefficient (Wildman–Crippen LogP) is 2.15. The number of nitrogens with one attached hydrogen (secondary N) is 2. The van der Waals surface area contributed by atoms with Crippen molar-refractivity contribution in [3.63, 3.8) is 0 Å². The topological polar surface area (TPSA) is 113 Å². The van der Waals surface area contributed by atoms with Crippen LogP contribution in [0.1, 0.15) is 6.92 Å². The van der Waals surface area contributed by atoms with E-state index in [4.69, 9.17) is 9.47 Å². The fraction of sp³-hybridized carbons (Fsp3) is 0.417. The molecule has 3 heterocycles. The molecule has 36 heavy (non-hydrogen) atoms. The highest BCUT2D eigenvalue weighted by Crippen LogP contribution is 2.53. The number of amides is 3. The number of nitrogens with zero attached hydrogens (tertiary/aromatic N) is 3. The maximum atomic E-state index is 15.0. The summed E-state index contributed by atoms with van der Waals surface area (Å²) in [6.07, 6.45) is 0.154. The van der Waals surface area contributed by atoms with Crippen LogP contribution in [0.25, 0.3) is 0 Å². The van der Waals surface area contributed by atoms with E-state index in [1.165, 1.54) is 20.2 Å². The first kappa shape index (κ1) is 23.8. The SMILES string of the molecule is COc1ccc(NC(=O)C2[C@H]3CN(c4c(F)cc(N5C[C@H](CNC(C)=O)OC5=O)cc4F)C[C@@H]23)cn1. The Labute approximate surface area is 205 Å². The summed E-state index contributed by atoms with van der Waals surface area (Å²) < 4.78 is 40.2. The number of rotatable bonds is 7. The summed E-state index contributed by atoms with van der Waals surface area (Å²) >= 11 is 0. The van der Waals surface area contributed by atoms with Gasteiger partial charge in [-0.15, -0.1) is 0 Å². The van der Waals surface area contributed by atoms with E-state index in [1.807, 2.05) is 0 Å². The van der Waals surface area contributed by atoms with E-state index < -0.39 is 23.8 Å². The number of carbonyl (C=O) groups is 3. The average molecular weight is 501 g/mol. The van der Waals surface area contributed by atoms with Crippen molar-refractivity contribution in [2.24, 2.45) is 17.8 Å². The molecule has 1 aromatic carbocycles. The van der Waals surface area contributed by atoms with Gasteiger partial charge in [0.25, 0.3) is 0 Å². The Balaban J connectivity index is 1.20. The van der Waals surface area contributed by atoms with E-state index >= 15 is 8.78 Å². The lowest BCUT2D eigenvalue weighted by Crippen LogP contribution is -2.33. The van der Waals surface area contributed by atoms with Crippen LogP contribution in [0.3, 0.4) is 0 Å². The molecule has 0 bridgehead atoms. The van der Waals surface area contributed by atoms with Gasteiger partial charge in [0.15, 0.2) is 11.6 Å². The molecule has 1 aliphatic carbocycles. The first-order chi connectivity index (χ1) is 17.2. The minimum absolute atomic E-state index is 0.00206. The second-order valence-corrected chi connectivity index (χ2v) is 9.15. The van der Waals surface area contributed by atoms with E-state index in [1.54, 1.807) is 17.0 Å². The number of aromatic nitrogens is 1. The van der Waals surface area contributed by atoms with Gasteiger partial charge in [0.2, 0.25) is 17.7 Å². The van der Waals surface area contributed by atoms with Crippen LogP contribution in [0.4, 0.5) is 30.6 Å². The number of benzene rings is 1. The van der Waals surface area contributed by atoms with E-state index in [0.29, 0.717) is 24.7 Å². The van der Waals surface area contributed by atoms with Crippen LogP contribution < -0.4 is 25.2 Å². The Hall–Kier alpha value is -3.96. The third-order valence-corrected chi connectivity index (χ3v) is 6.79. The van der Waals surface area contributed by atoms with Crippen molar-refractivity contribution in [1.29, 1.82) is 0 Å². The number of methoxy groups -OCH3 is 1. The van der Waals surface area contributed by atoms with Crippen molar-refractivity contribution >= 4 is 35.0 Å². The Morgan fingerprint density at radius 2 is 1.86 bits per heavy atom. The zero-order chi connectivity index (χ0) is 25.6. The molecular weight excluding hydrogens is 476 g/mol. The van der Waals surface area contributed by atoms with E-state index in [9.17, 15) is 14.4 Å². The van der Waals surface area contributed by atoms with Crippen molar-refractivity contribution in [1.82, 2.24) is 10.3 Å². The number of carbonyl (C=O) groups excluding carboxylic acids is 3. The van der Waals surface area contributed by atoms with Gasteiger partial charge in [0.05, 0.1) is 37.8 Å². The Bertz CT molecular complexity index is 1170. The standard InChI is InChI=1S/C24H25F2N5O5/c1-12(32)27-8-15-9-31(24(34)36-15)14-5-18(25)22(19(26)6-14)30-10-16-17(11-30)21(16)23(33)29-13-3-4-20(35-2)28-7-13/h3-7,15-17,21H,8-11H2,1-2H3,(H,27,32)(H,29,33)/t15-,16-,17+,21?/m0/s1. The molecular formula is C24H25F2N5O5. The van der Waals surface area contributed by atoms with Crippen LogP contribution in [0.15, 0.2) is 30.5 Å². The van der Waals surface area contributed by atoms with E-state index in [0.717, 1.165) is 17.0 Å². The number of cyclic esters (lactones) is 1. The molecule has 5 rings (SSSR count). The Morgan fingerprint density at radius 1 is 1.17 bits per heavy atom. The lowest BCUT2D eigenvalue weighted by molar-refractivity contribution is -0.119. The number of anilines is 3. The minimum atomic E-state index is -0.797. The fourth-order valence-electron chi connectivity index (χ4n) is 5.00. The van der Waals surface area contributed by atoms with Gasteiger partial charge in [-0.3, -0.25) is 14.5 Å². The second-order valence-electron chi connectivity index (χ2n) is 9.15. The van der Waals surface area contributed by atoms with Gasteiger partial charge in [0, 0.05) is 44.1 Å². The second kappa shape index (κ2) is 9.25. The molecule has 190 valence electrons. The number of halogens is 2. The molecule has 2 N–H and O–H groups in total. The molecule has 0 radical (unpaired) electrons. The molecule has 2 aliphatic heterocycles. The number of fused-ring (bicyclic) bond motifs is 1. The summed E-state index contributed by atoms with van der Waals surface area (Å²) in [6.45, 7) is 2.21. The molecule has 1 unspecified atom stereocenters. The third-order valence-electron chi connectivity index (χ3n) is 6.79. The van der Waals surface area contributed by atoms with Gasteiger partial charge in [0.1, 0.15) is 11.8 Å². The molecule has 3 amide bonds. The number of hydrogen-bond acceptors (Lipinski definition) is 7. The summed E-state index contributed by atoms with van der Waals surface area (Å²) in [7, 11) is 1.50. The Kier molecular flexibility index (Phi) is 6.10. The van der Waals surface area contributed by atoms with E-state index in [-0.39, 0.29) is 54.0 Å². The normalized spacial score (nSPS) is 24.3. The minimum Gasteiger partial charge on any atom is -0.481 e. The zero-order valence-corrected chi connectivity index (χ0v) is 19.7. The van der Waals surface area contributed by atoms with E-state index in [2.05, 4.69) is 15.6 Å². The molecule has 2 aromatic rings. The van der Waals surface area contributed by atoms with Crippen LogP contribution in [-0.4, -0.2) is 62.3 Å². The number of hydrogen-bond donors (Lipinski definition) is 2. The summed E-state index contributed by atoms with van der Waals surface area (Å²) in [4.78, 5) is 42.7.